The van der Waals surface area contributed by atoms with E-state index in [-0.39, 0.29) is 24.0 Å². The van der Waals surface area contributed by atoms with Gasteiger partial charge in [-0.25, -0.2) is 4.57 Å². The Hall–Kier alpha value is -0.970. The molecule has 0 fully saturated rings. The maximum Gasteiger partial charge on any atom is 0.469 e. The van der Waals surface area contributed by atoms with Gasteiger partial charge in [-0.15, -0.1) is 0 Å². The standard InChI is InChI=1S/C22H43N2O8PS/c1-4-5-6-7-8-9-10-11-12-19(26)34-16-15-23-18(25)13-14-24-21(28)20(27)22(2,3)17-32-33(29,30)31/h20,27H,4-17H2,1-3H3,(H,23,25)(H,24,28)(H2,29,30,31)/t20-/m1/s1. The van der Waals surface area contributed by atoms with Gasteiger partial charge in [-0.1, -0.05) is 77.5 Å². The quantitative estimate of drug-likeness (QED) is 0.119. The van der Waals surface area contributed by atoms with Gasteiger partial charge in [0.25, 0.3) is 0 Å². The van der Waals surface area contributed by atoms with Gasteiger partial charge in [0.05, 0.1) is 6.61 Å². The summed E-state index contributed by atoms with van der Waals surface area (Å²) in [5, 5.41) is 15.3. The number of phosphoric acid groups is 1. The van der Waals surface area contributed by atoms with Gasteiger partial charge in [0, 0.05) is 37.1 Å². The lowest BCUT2D eigenvalue weighted by Crippen LogP contribution is -2.46. The monoisotopic (exact) mass is 526 g/mol. The topological polar surface area (TPSA) is 162 Å². The van der Waals surface area contributed by atoms with Crippen molar-refractivity contribution in [2.24, 2.45) is 5.41 Å². The second-order valence-corrected chi connectivity index (χ2v) is 11.4. The average Bonchev–Trinajstić information content (AvgIpc) is 2.76. The summed E-state index contributed by atoms with van der Waals surface area (Å²) in [6, 6.07) is 0. The van der Waals surface area contributed by atoms with Crippen LogP contribution in [0.25, 0.3) is 0 Å². The molecule has 0 spiro atoms. The first kappa shape index (κ1) is 33.0. The molecule has 0 aromatic carbocycles. The Bertz CT molecular complexity index is 657. The number of hydrogen-bond donors (Lipinski definition) is 5. The molecule has 5 N–H and O–H groups in total. The summed E-state index contributed by atoms with van der Waals surface area (Å²) >= 11 is 1.21. The summed E-state index contributed by atoms with van der Waals surface area (Å²) in [6.45, 7) is 4.85. The van der Waals surface area contributed by atoms with E-state index in [9.17, 15) is 24.1 Å². The lowest BCUT2D eigenvalue weighted by atomic mass is 9.87. The van der Waals surface area contributed by atoms with Gasteiger partial charge in [0.1, 0.15) is 6.10 Å². The first-order valence-electron chi connectivity index (χ1n) is 12.0. The van der Waals surface area contributed by atoms with Crippen molar-refractivity contribution in [2.75, 3.05) is 25.4 Å². The molecule has 0 heterocycles. The fourth-order valence-electron chi connectivity index (χ4n) is 3.00. The molecule has 1 atom stereocenters. The van der Waals surface area contributed by atoms with Gasteiger partial charge in [-0.2, -0.15) is 0 Å². The number of thioether (sulfide) groups is 1. The molecule has 0 aliphatic carbocycles. The highest BCUT2D eigenvalue weighted by molar-refractivity contribution is 8.13. The first-order chi connectivity index (χ1) is 15.9. The molecule has 34 heavy (non-hydrogen) atoms. The second-order valence-electron chi connectivity index (χ2n) is 8.99. The fraction of sp³-hybridized carbons (Fsp3) is 0.864. The Labute approximate surface area is 207 Å². The summed E-state index contributed by atoms with van der Waals surface area (Å²) in [5.74, 6) is -0.579. The van der Waals surface area contributed by atoms with Gasteiger partial charge in [0.2, 0.25) is 11.8 Å². The molecule has 0 bridgehead atoms. The number of nitrogens with one attached hydrogen (secondary N) is 2. The predicted octanol–water partition coefficient (Wildman–Crippen LogP) is 2.90. The molecular weight excluding hydrogens is 483 g/mol. The van der Waals surface area contributed by atoms with E-state index in [1.54, 1.807) is 0 Å². The number of hydrogen-bond acceptors (Lipinski definition) is 7. The minimum Gasteiger partial charge on any atom is -0.383 e. The van der Waals surface area contributed by atoms with E-state index in [2.05, 4.69) is 22.1 Å². The third-order valence-corrected chi connectivity index (χ3v) is 6.57. The lowest BCUT2D eigenvalue weighted by Gasteiger charge is -2.29. The van der Waals surface area contributed by atoms with E-state index in [1.165, 1.54) is 64.1 Å². The largest absolute Gasteiger partial charge is 0.469 e. The van der Waals surface area contributed by atoms with Crippen LogP contribution in [0.15, 0.2) is 0 Å². The zero-order valence-corrected chi connectivity index (χ0v) is 22.4. The number of aliphatic hydroxyl groups is 1. The molecule has 0 aliphatic rings. The number of carbonyl (C=O) groups is 3. The fourth-order valence-corrected chi connectivity index (χ4v) is 4.22. The molecule has 10 nitrogen and oxygen atoms in total. The van der Waals surface area contributed by atoms with Crippen LogP contribution in [0.4, 0.5) is 0 Å². The first-order valence-corrected chi connectivity index (χ1v) is 14.5. The molecule has 12 heteroatoms. The number of carbonyl (C=O) groups excluding carboxylic acids is 3. The van der Waals surface area contributed by atoms with Crippen LogP contribution in [-0.4, -0.2) is 63.4 Å². The van der Waals surface area contributed by atoms with Crippen molar-refractivity contribution in [1.29, 1.82) is 0 Å². The maximum absolute atomic E-state index is 12.0. The molecule has 2 amide bonds. The molecule has 0 radical (unpaired) electrons. The van der Waals surface area contributed by atoms with Crippen molar-refractivity contribution in [3.8, 4) is 0 Å². The van der Waals surface area contributed by atoms with Crippen molar-refractivity contribution in [3.05, 3.63) is 0 Å². The van der Waals surface area contributed by atoms with E-state index in [0.717, 1.165) is 12.8 Å². The van der Waals surface area contributed by atoms with E-state index in [4.69, 9.17) is 9.79 Å². The Morgan fingerprint density at radius 1 is 0.941 bits per heavy atom. The molecule has 0 saturated heterocycles. The van der Waals surface area contributed by atoms with Gasteiger partial charge in [-0.05, 0) is 6.42 Å². The van der Waals surface area contributed by atoms with Crippen LogP contribution in [-0.2, 0) is 23.5 Å². The van der Waals surface area contributed by atoms with Crippen LogP contribution < -0.4 is 10.6 Å². The van der Waals surface area contributed by atoms with E-state index < -0.39 is 31.9 Å². The Morgan fingerprint density at radius 3 is 2.12 bits per heavy atom. The summed E-state index contributed by atoms with van der Waals surface area (Å²) in [5.41, 5.74) is -1.24. The molecule has 0 aliphatic heterocycles. The normalized spacial score (nSPS) is 12.9. The third-order valence-electron chi connectivity index (χ3n) is 5.17. The zero-order chi connectivity index (χ0) is 26.0. The lowest BCUT2D eigenvalue weighted by molar-refractivity contribution is -0.137. The van der Waals surface area contributed by atoms with Crippen molar-refractivity contribution in [1.82, 2.24) is 10.6 Å². The Balaban J connectivity index is 3.84. The summed E-state index contributed by atoms with van der Waals surface area (Å²) < 4.78 is 15.2. The van der Waals surface area contributed by atoms with E-state index in [1.807, 2.05) is 0 Å². The summed E-state index contributed by atoms with van der Waals surface area (Å²) in [6.07, 6.45) is 8.45. The minimum absolute atomic E-state index is 0.00522. The van der Waals surface area contributed by atoms with Crippen LogP contribution in [0.2, 0.25) is 0 Å². The molecule has 0 aromatic heterocycles. The number of aliphatic hydroxyl groups excluding tert-OH is 1. The number of unbranched alkanes of at least 4 members (excludes halogenated alkanes) is 7. The second kappa shape index (κ2) is 18.3. The van der Waals surface area contributed by atoms with Crippen LogP contribution >= 0.6 is 19.6 Å². The summed E-state index contributed by atoms with van der Waals surface area (Å²) in [4.78, 5) is 53.3. The number of amides is 2. The molecule has 0 unspecified atom stereocenters. The Kier molecular flexibility index (Phi) is 17.8. The van der Waals surface area contributed by atoms with Crippen molar-refractivity contribution >= 4 is 36.5 Å². The highest BCUT2D eigenvalue weighted by atomic mass is 32.2. The van der Waals surface area contributed by atoms with Crippen molar-refractivity contribution in [2.45, 2.75) is 91.1 Å². The number of rotatable bonds is 20. The highest BCUT2D eigenvalue weighted by Gasteiger charge is 2.35. The minimum atomic E-state index is -4.72. The van der Waals surface area contributed by atoms with Gasteiger partial charge in [-0.3, -0.25) is 18.9 Å². The van der Waals surface area contributed by atoms with Crippen LogP contribution in [0, 0.1) is 5.41 Å². The molecule has 200 valence electrons. The Morgan fingerprint density at radius 2 is 1.53 bits per heavy atom. The van der Waals surface area contributed by atoms with E-state index in [0.29, 0.717) is 18.7 Å². The molecule has 0 saturated carbocycles. The van der Waals surface area contributed by atoms with Crippen molar-refractivity contribution in [3.63, 3.8) is 0 Å². The molecular formula is C22H43N2O8PS. The van der Waals surface area contributed by atoms with Gasteiger partial charge < -0.3 is 25.5 Å². The predicted molar refractivity (Wildman–Crippen MR) is 133 cm³/mol. The SMILES string of the molecule is CCCCCCCCCCC(=O)SCCNC(=O)CCNC(=O)[C@@H](O)C(C)(C)COP(=O)(O)O. The third kappa shape index (κ3) is 18.4. The summed E-state index contributed by atoms with van der Waals surface area (Å²) in [7, 11) is -4.72. The van der Waals surface area contributed by atoms with Gasteiger partial charge in [0.15, 0.2) is 5.12 Å². The van der Waals surface area contributed by atoms with Gasteiger partial charge >= 0.3 is 7.82 Å². The van der Waals surface area contributed by atoms with Crippen LogP contribution in [0.3, 0.4) is 0 Å². The average molecular weight is 527 g/mol. The van der Waals surface area contributed by atoms with E-state index >= 15 is 0 Å². The number of phosphoric ester groups is 1. The molecule has 0 rings (SSSR count). The highest BCUT2D eigenvalue weighted by Crippen LogP contribution is 2.38. The van der Waals surface area contributed by atoms with Crippen LogP contribution in [0.5, 0.6) is 0 Å². The van der Waals surface area contributed by atoms with Crippen molar-refractivity contribution < 1.29 is 38.4 Å². The molecule has 0 aromatic rings. The zero-order valence-electron chi connectivity index (χ0n) is 20.7. The maximum atomic E-state index is 12.0. The van der Waals surface area contributed by atoms with Crippen LogP contribution in [0.1, 0.15) is 85.0 Å². The smallest absolute Gasteiger partial charge is 0.383 e.